The summed E-state index contributed by atoms with van der Waals surface area (Å²) in [7, 11) is 1.65. The molecule has 0 saturated carbocycles. The lowest BCUT2D eigenvalue weighted by Crippen LogP contribution is -2.25. The number of nitrogens with one attached hydrogen (secondary N) is 1. The fourth-order valence-electron chi connectivity index (χ4n) is 2.49. The van der Waals surface area contributed by atoms with Crippen molar-refractivity contribution in [3.63, 3.8) is 0 Å². The molecular weight excluding hydrogens is 326 g/mol. The minimum atomic E-state index is -0.0636. The van der Waals surface area contributed by atoms with Gasteiger partial charge in [-0.25, -0.2) is 0 Å². The Balaban J connectivity index is 1.84. The van der Waals surface area contributed by atoms with E-state index in [1.54, 1.807) is 7.11 Å². The van der Waals surface area contributed by atoms with Gasteiger partial charge in [-0.1, -0.05) is 45.0 Å². The van der Waals surface area contributed by atoms with Crippen LogP contribution in [0.4, 0.5) is 0 Å². The molecule has 0 aliphatic rings. The van der Waals surface area contributed by atoms with Gasteiger partial charge in [0.25, 0.3) is 5.91 Å². The van der Waals surface area contributed by atoms with Crippen molar-refractivity contribution >= 4 is 5.91 Å². The number of amides is 1. The molecule has 0 aliphatic heterocycles. The number of carbonyl (C=O) groups is 1. The maximum atomic E-state index is 12.0. The van der Waals surface area contributed by atoms with E-state index in [4.69, 9.17) is 9.47 Å². The van der Waals surface area contributed by atoms with Gasteiger partial charge in [0.2, 0.25) is 0 Å². The Hall–Kier alpha value is -2.33. The van der Waals surface area contributed by atoms with Crippen molar-refractivity contribution in [1.29, 1.82) is 0 Å². The van der Waals surface area contributed by atoms with Crippen molar-refractivity contribution in [3.05, 3.63) is 65.2 Å². The third-order valence-corrected chi connectivity index (χ3v) is 4.15. The van der Waals surface area contributed by atoms with E-state index in [0.29, 0.717) is 25.3 Å². The Kier molecular flexibility index (Phi) is 7.22. The fraction of sp³-hybridized carbons (Fsp3) is 0.409. The van der Waals surface area contributed by atoms with Crippen LogP contribution in [-0.4, -0.2) is 26.2 Å². The summed E-state index contributed by atoms with van der Waals surface area (Å²) in [4.78, 5) is 12.0. The molecule has 0 radical (unpaired) electrons. The van der Waals surface area contributed by atoms with Crippen molar-refractivity contribution < 1.29 is 14.3 Å². The van der Waals surface area contributed by atoms with Crippen LogP contribution in [0.5, 0.6) is 5.75 Å². The van der Waals surface area contributed by atoms with E-state index in [0.717, 1.165) is 17.7 Å². The normalized spacial score (nSPS) is 11.2. The second-order valence-electron chi connectivity index (χ2n) is 7.36. The van der Waals surface area contributed by atoms with Gasteiger partial charge >= 0.3 is 0 Å². The van der Waals surface area contributed by atoms with E-state index in [1.807, 2.05) is 36.4 Å². The van der Waals surface area contributed by atoms with E-state index in [2.05, 4.69) is 38.2 Å². The molecule has 0 saturated heterocycles. The van der Waals surface area contributed by atoms with Gasteiger partial charge in [0.15, 0.2) is 0 Å². The molecule has 4 heteroatoms. The highest BCUT2D eigenvalue weighted by molar-refractivity contribution is 5.94. The van der Waals surface area contributed by atoms with Crippen molar-refractivity contribution in [1.82, 2.24) is 5.32 Å². The number of methoxy groups -OCH3 is 1. The number of rotatable bonds is 8. The highest BCUT2D eigenvalue weighted by Crippen LogP contribution is 2.24. The zero-order valence-electron chi connectivity index (χ0n) is 16.2. The lowest BCUT2D eigenvalue weighted by Gasteiger charge is -2.19. The molecule has 0 unspecified atom stereocenters. The van der Waals surface area contributed by atoms with Crippen molar-refractivity contribution in [2.45, 2.75) is 39.2 Å². The summed E-state index contributed by atoms with van der Waals surface area (Å²) in [5.41, 5.74) is 3.10. The highest BCUT2D eigenvalue weighted by atomic mass is 16.5. The Morgan fingerprint density at radius 1 is 1.00 bits per heavy atom. The second-order valence-corrected chi connectivity index (χ2v) is 7.36. The van der Waals surface area contributed by atoms with E-state index < -0.39 is 0 Å². The molecule has 0 atom stereocenters. The topological polar surface area (TPSA) is 47.6 Å². The van der Waals surface area contributed by atoms with Gasteiger partial charge < -0.3 is 14.8 Å². The van der Waals surface area contributed by atoms with Crippen LogP contribution in [-0.2, 0) is 16.8 Å². The lowest BCUT2D eigenvalue weighted by molar-refractivity contribution is 0.0948. The number of carbonyl (C=O) groups excluding carboxylic acids is 1. The second kappa shape index (κ2) is 9.39. The predicted molar refractivity (Wildman–Crippen MR) is 105 cm³/mol. The molecule has 1 N–H and O–H groups in total. The molecule has 2 aromatic carbocycles. The third-order valence-electron chi connectivity index (χ3n) is 4.15. The molecule has 0 aliphatic carbocycles. The minimum Gasteiger partial charge on any atom is -0.489 e. The van der Waals surface area contributed by atoms with Crippen LogP contribution in [0.15, 0.2) is 48.5 Å². The number of hydrogen-bond donors (Lipinski definition) is 1. The maximum absolute atomic E-state index is 12.0. The first-order valence-electron chi connectivity index (χ1n) is 8.99. The molecule has 140 valence electrons. The van der Waals surface area contributed by atoms with E-state index in [-0.39, 0.29) is 11.3 Å². The van der Waals surface area contributed by atoms with Gasteiger partial charge in [0.1, 0.15) is 12.4 Å². The van der Waals surface area contributed by atoms with E-state index in [1.165, 1.54) is 5.56 Å². The summed E-state index contributed by atoms with van der Waals surface area (Å²) >= 11 is 0. The third kappa shape index (κ3) is 6.19. The monoisotopic (exact) mass is 355 g/mol. The average Bonchev–Trinajstić information content (AvgIpc) is 2.63. The Bertz CT molecular complexity index is 685. The zero-order valence-corrected chi connectivity index (χ0v) is 16.2. The number of hydrogen-bond acceptors (Lipinski definition) is 3. The van der Waals surface area contributed by atoms with Crippen LogP contribution < -0.4 is 10.1 Å². The number of ether oxygens (including phenoxy) is 2. The lowest BCUT2D eigenvalue weighted by atomic mass is 9.87. The van der Waals surface area contributed by atoms with Crippen LogP contribution in [0.1, 0.15) is 48.7 Å². The van der Waals surface area contributed by atoms with Crippen LogP contribution in [0, 0.1) is 0 Å². The van der Waals surface area contributed by atoms with Gasteiger partial charge in [0, 0.05) is 25.8 Å². The standard InChI is InChI=1S/C22H29NO3/c1-22(2,3)19-10-12-20(13-11-19)26-16-17-6-8-18(9-7-17)21(24)23-14-5-15-25-4/h6-13H,5,14-16H2,1-4H3,(H,23,24). The first-order valence-corrected chi connectivity index (χ1v) is 8.99. The first-order chi connectivity index (χ1) is 12.4. The summed E-state index contributed by atoms with van der Waals surface area (Å²) < 4.78 is 10.8. The molecule has 26 heavy (non-hydrogen) atoms. The Morgan fingerprint density at radius 3 is 2.23 bits per heavy atom. The first kappa shape index (κ1) is 20.0. The molecule has 2 rings (SSSR count). The average molecular weight is 355 g/mol. The highest BCUT2D eigenvalue weighted by Gasteiger charge is 2.13. The van der Waals surface area contributed by atoms with Gasteiger partial charge in [-0.15, -0.1) is 0 Å². The molecule has 0 bridgehead atoms. The Labute approximate surface area is 156 Å². The van der Waals surface area contributed by atoms with Gasteiger partial charge in [-0.05, 0) is 47.2 Å². The molecular formula is C22H29NO3. The van der Waals surface area contributed by atoms with Gasteiger partial charge in [-0.3, -0.25) is 4.79 Å². The molecule has 0 spiro atoms. The van der Waals surface area contributed by atoms with Gasteiger partial charge in [0.05, 0.1) is 0 Å². The maximum Gasteiger partial charge on any atom is 0.251 e. The molecule has 1 amide bonds. The van der Waals surface area contributed by atoms with Crippen LogP contribution >= 0.6 is 0 Å². The van der Waals surface area contributed by atoms with Crippen molar-refractivity contribution in [2.75, 3.05) is 20.3 Å². The van der Waals surface area contributed by atoms with Crippen LogP contribution in [0.2, 0.25) is 0 Å². The minimum absolute atomic E-state index is 0.0636. The number of benzene rings is 2. The van der Waals surface area contributed by atoms with Crippen LogP contribution in [0.25, 0.3) is 0 Å². The molecule has 0 aromatic heterocycles. The summed E-state index contributed by atoms with van der Waals surface area (Å²) in [6.45, 7) is 8.31. The Morgan fingerprint density at radius 2 is 1.65 bits per heavy atom. The smallest absolute Gasteiger partial charge is 0.251 e. The largest absolute Gasteiger partial charge is 0.489 e. The molecule has 2 aromatic rings. The molecule has 0 heterocycles. The van der Waals surface area contributed by atoms with E-state index >= 15 is 0 Å². The molecule has 4 nitrogen and oxygen atoms in total. The SMILES string of the molecule is COCCCNC(=O)c1ccc(COc2ccc(C(C)(C)C)cc2)cc1. The van der Waals surface area contributed by atoms with Crippen molar-refractivity contribution in [2.24, 2.45) is 0 Å². The fourth-order valence-corrected chi connectivity index (χ4v) is 2.49. The van der Waals surface area contributed by atoms with Crippen molar-refractivity contribution in [3.8, 4) is 5.75 Å². The van der Waals surface area contributed by atoms with Gasteiger partial charge in [-0.2, -0.15) is 0 Å². The summed E-state index contributed by atoms with van der Waals surface area (Å²) in [6, 6.07) is 15.7. The summed E-state index contributed by atoms with van der Waals surface area (Å²) in [5, 5.41) is 2.88. The van der Waals surface area contributed by atoms with Crippen LogP contribution in [0.3, 0.4) is 0 Å². The zero-order chi connectivity index (χ0) is 19.0. The predicted octanol–water partition coefficient (Wildman–Crippen LogP) is 4.33. The molecule has 0 fully saturated rings. The quantitative estimate of drug-likeness (QED) is 0.717. The van der Waals surface area contributed by atoms with E-state index in [9.17, 15) is 4.79 Å². The summed E-state index contributed by atoms with van der Waals surface area (Å²) in [6.07, 6.45) is 0.808. The summed E-state index contributed by atoms with van der Waals surface area (Å²) in [5.74, 6) is 0.782.